The SMILES string of the molecule is Cc1oc(-c2cccs2)nc1CC(=O)NNC(=O)c1c[nH]c2ccccc12. The van der Waals surface area contributed by atoms with Crippen LogP contribution in [0.15, 0.2) is 52.4 Å². The van der Waals surface area contributed by atoms with Gasteiger partial charge in [-0.25, -0.2) is 4.98 Å². The fourth-order valence-electron chi connectivity index (χ4n) is 2.75. The van der Waals surface area contributed by atoms with E-state index in [0.717, 1.165) is 15.8 Å². The number of rotatable bonds is 4. The summed E-state index contributed by atoms with van der Waals surface area (Å²) >= 11 is 1.51. The molecule has 3 heterocycles. The van der Waals surface area contributed by atoms with E-state index in [9.17, 15) is 9.59 Å². The van der Waals surface area contributed by atoms with E-state index in [0.29, 0.717) is 22.9 Å². The third kappa shape index (κ3) is 3.47. The number of hydrogen-bond acceptors (Lipinski definition) is 5. The summed E-state index contributed by atoms with van der Waals surface area (Å²) in [7, 11) is 0. The smallest absolute Gasteiger partial charge is 0.271 e. The molecule has 4 rings (SSSR count). The quantitative estimate of drug-likeness (QED) is 0.473. The van der Waals surface area contributed by atoms with Gasteiger partial charge in [0.2, 0.25) is 11.8 Å². The third-order valence-corrected chi connectivity index (χ3v) is 4.96. The summed E-state index contributed by atoms with van der Waals surface area (Å²) in [6.45, 7) is 1.76. The number of aromatic nitrogens is 2. The van der Waals surface area contributed by atoms with Crippen LogP contribution in [0.3, 0.4) is 0 Å². The summed E-state index contributed by atoms with van der Waals surface area (Å²) in [6.07, 6.45) is 1.62. The number of para-hydroxylation sites is 1. The van der Waals surface area contributed by atoms with E-state index < -0.39 is 5.91 Å². The predicted molar refractivity (Wildman–Crippen MR) is 102 cm³/mol. The monoisotopic (exact) mass is 380 g/mol. The number of benzene rings is 1. The minimum atomic E-state index is -0.392. The van der Waals surface area contributed by atoms with Gasteiger partial charge in [0.15, 0.2) is 0 Å². The van der Waals surface area contributed by atoms with Gasteiger partial charge in [0, 0.05) is 17.1 Å². The van der Waals surface area contributed by atoms with Gasteiger partial charge in [-0.2, -0.15) is 0 Å². The van der Waals surface area contributed by atoms with Crippen LogP contribution in [-0.4, -0.2) is 21.8 Å². The molecule has 0 atom stereocenters. The van der Waals surface area contributed by atoms with Gasteiger partial charge >= 0.3 is 0 Å². The van der Waals surface area contributed by atoms with Crippen LogP contribution in [-0.2, 0) is 11.2 Å². The number of H-pyrrole nitrogens is 1. The molecule has 3 N–H and O–H groups in total. The Morgan fingerprint density at radius 1 is 1.19 bits per heavy atom. The van der Waals surface area contributed by atoms with Crippen LogP contribution in [0.2, 0.25) is 0 Å². The lowest BCUT2D eigenvalue weighted by atomic mass is 10.2. The van der Waals surface area contributed by atoms with Crippen molar-refractivity contribution in [2.24, 2.45) is 0 Å². The van der Waals surface area contributed by atoms with Crippen LogP contribution in [0.4, 0.5) is 0 Å². The number of amides is 2. The largest absolute Gasteiger partial charge is 0.440 e. The molecule has 0 saturated heterocycles. The van der Waals surface area contributed by atoms with Crippen molar-refractivity contribution in [3.63, 3.8) is 0 Å². The van der Waals surface area contributed by atoms with Crippen LogP contribution >= 0.6 is 11.3 Å². The number of fused-ring (bicyclic) bond motifs is 1. The van der Waals surface area contributed by atoms with E-state index in [1.807, 2.05) is 41.8 Å². The summed E-state index contributed by atoms with van der Waals surface area (Å²) < 4.78 is 5.62. The molecule has 0 radical (unpaired) electrons. The number of carbonyl (C=O) groups excluding carboxylic acids is 2. The lowest BCUT2D eigenvalue weighted by Gasteiger charge is -2.06. The maximum atomic E-state index is 12.3. The lowest BCUT2D eigenvalue weighted by molar-refractivity contribution is -0.121. The Morgan fingerprint density at radius 2 is 2.04 bits per heavy atom. The predicted octanol–water partition coefficient (Wildman–Crippen LogP) is 3.20. The summed E-state index contributed by atoms with van der Waals surface area (Å²) in [6, 6.07) is 11.3. The first-order chi connectivity index (χ1) is 13.1. The molecule has 0 aliphatic carbocycles. The van der Waals surface area contributed by atoms with Gasteiger partial charge in [0.1, 0.15) is 5.76 Å². The number of oxazole rings is 1. The Hall–Kier alpha value is -3.39. The topological polar surface area (TPSA) is 100 Å². The second-order valence-electron chi connectivity index (χ2n) is 5.93. The van der Waals surface area contributed by atoms with Gasteiger partial charge < -0.3 is 9.40 Å². The number of nitrogens with zero attached hydrogens (tertiary/aromatic N) is 1. The zero-order valence-electron chi connectivity index (χ0n) is 14.4. The molecule has 0 unspecified atom stereocenters. The minimum absolute atomic E-state index is 0.00880. The van der Waals surface area contributed by atoms with E-state index in [2.05, 4.69) is 20.8 Å². The molecule has 0 bridgehead atoms. The van der Waals surface area contributed by atoms with Crippen LogP contribution < -0.4 is 10.9 Å². The number of hydrogen-bond donors (Lipinski definition) is 3. The molecule has 0 fully saturated rings. The molecule has 0 saturated carbocycles. The zero-order chi connectivity index (χ0) is 18.8. The van der Waals surface area contributed by atoms with E-state index in [4.69, 9.17) is 4.42 Å². The van der Waals surface area contributed by atoms with Gasteiger partial charge in [0.05, 0.1) is 22.6 Å². The van der Waals surface area contributed by atoms with Crippen LogP contribution in [0.1, 0.15) is 21.8 Å². The fourth-order valence-corrected chi connectivity index (χ4v) is 3.40. The lowest BCUT2D eigenvalue weighted by Crippen LogP contribution is -2.42. The number of aryl methyl sites for hydroxylation is 1. The standard InChI is InChI=1S/C19H16N4O3S/c1-11-15(21-19(26-11)16-7-4-8-27-16)9-17(24)22-23-18(25)13-10-20-14-6-3-2-5-12(13)14/h2-8,10,20H,9H2,1H3,(H,22,24)(H,23,25). The molecular weight excluding hydrogens is 364 g/mol. The van der Waals surface area contributed by atoms with Gasteiger partial charge in [-0.05, 0) is 24.4 Å². The molecule has 136 valence electrons. The Kier molecular flexibility index (Phi) is 4.47. The average Bonchev–Trinajstić information content (AvgIpc) is 3.40. The van der Waals surface area contributed by atoms with Gasteiger partial charge in [-0.3, -0.25) is 20.4 Å². The van der Waals surface area contributed by atoms with E-state index in [1.54, 1.807) is 13.1 Å². The Bertz CT molecular complexity index is 1110. The van der Waals surface area contributed by atoms with Crippen molar-refractivity contribution in [2.75, 3.05) is 0 Å². The molecule has 27 heavy (non-hydrogen) atoms. The Labute approximate surface area is 158 Å². The Morgan fingerprint density at radius 3 is 2.85 bits per heavy atom. The maximum Gasteiger partial charge on any atom is 0.271 e. The first kappa shape index (κ1) is 17.0. The number of carbonyl (C=O) groups is 2. The van der Waals surface area contributed by atoms with E-state index in [-0.39, 0.29) is 12.3 Å². The highest BCUT2D eigenvalue weighted by molar-refractivity contribution is 7.13. The summed E-state index contributed by atoms with van der Waals surface area (Å²) in [5.41, 5.74) is 6.72. The van der Waals surface area contributed by atoms with Crippen LogP contribution in [0.25, 0.3) is 21.7 Å². The van der Waals surface area contributed by atoms with Crippen molar-refractivity contribution in [3.05, 3.63) is 65.0 Å². The highest BCUT2D eigenvalue weighted by Crippen LogP contribution is 2.26. The molecule has 0 spiro atoms. The second kappa shape index (κ2) is 7.08. The Balaban J connectivity index is 1.39. The molecule has 3 aromatic heterocycles. The first-order valence-electron chi connectivity index (χ1n) is 8.27. The highest BCUT2D eigenvalue weighted by atomic mass is 32.1. The molecule has 0 aliphatic rings. The third-order valence-electron chi connectivity index (χ3n) is 4.10. The molecular formula is C19H16N4O3S. The summed E-state index contributed by atoms with van der Waals surface area (Å²) in [4.78, 5) is 32.8. The number of hydrazine groups is 1. The van der Waals surface area contributed by atoms with E-state index >= 15 is 0 Å². The molecule has 7 nitrogen and oxygen atoms in total. The molecule has 1 aromatic carbocycles. The van der Waals surface area contributed by atoms with Crippen molar-refractivity contribution in [2.45, 2.75) is 13.3 Å². The maximum absolute atomic E-state index is 12.3. The number of thiophene rings is 1. The fraction of sp³-hybridized carbons (Fsp3) is 0.105. The van der Waals surface area contributed by atoms with Crippen molar-refractivity contribution in [1.29, 1.82) is 0 Å². The van der Waals surface area contributed by atoms with Gasteiger partial charge in [-0.15, -0.1) is 11.3 Å². The van der Waals surface area contributed by atoms with Crippen molar-refractivity contribution in [3.8, 4) is 10.8 Å². The summed E-state index contributed by atoms with van der Waals surface area (Å²) in [5, 5.41) is 2.72. The van der Waals surface area contributed by atoms with Gasteiger partial charge in [-0.1, -0.05) is 24.3 Å². The number of nitrogens with one attached hydrogen (secondary N) is 3. The van der Waals surface area contributed by atoms with Crippen molar-refractivity contribution < 1.29 is 14.0 Å². The molecule has 0 aliphatic heterocycles. The average molecular weight is 380 g/mol. The van der Waals surface area contributed by atoms with Crippen LogP contribution in [0.5, 0.6) is 0 Å². The second-order valence-corrected chi connectivity index (χ2v) is 6.87. The molecule has 4 aromatic rings. The van der Waals surface area contributed by atoms with Crippen molar-refractivity contribution in [1.82, 2.24) is 20.8 Å². The zero-order valence-corrected chi connectivity index (χ0v) is 15.2. The minimum Gasteiger partial charge on any atom is -0.440 e. The first-order valence-corrected chi connectivity index (χ1v) is 9.15. The van der Waals surface area contributed by atoms with E-state index in [1.165, 1.54) is 11.3 Å². The van der Waals surface area contributed by atoms with Gasteiger partial charge in [0.25, 0.3) is 5.91 Å². The highest BCUT2D eigenvalue weighted by Gasteiger charge is 2.17. The normalized spacial score (nSPS) is 10.9. The number of aromatic amines is 1. The molecule has 2 amide bonds. The summed E-state index contributed by atoms with van der Waals surface area (Å²) in [5.74, 6) is 0.305. The van der Waals surface area contributed by atoms with Crippen LogP contribution in [0, 0.1) is 6.92 Å². The van der Waals surface area contributed by atoms with Crippen molar-refractivity contribution >= 4 is 34.1 Å². The molecule has 8 heteroatoms.